The second kappa shape index (κ2) is 8.13. The molecule has 1 atom stereocenters. The second-order valence-corrected chi connectivity index (χ2v) is 9.61. The number of imide groups is 1. The monoisotopic (exact) mass is 431 g/mol. The maximum atomic E-state index is 15.0. The standard InChI is InChI=1S/C23H30FN3O4/c1-23(2,3)31-22(30)26-11-8-14(9-12-26)20-15-10-13-27(17(15)5-4-16(20)24)18-6-7-19(28)25-21(18)29/h4-5,14,18H,6-13H2,1-3H3,(H,25,28,29). The second-order valence-electron chi connectivity index (χ2n) is 9.61. The van der Waals surface area contributed by atoms with E-state index >= 15 is 0 Å². The Morgan fingerprint density at radius 2 is 1.81 bits per heavy atom. The summed E-state index contributed by atoms with van der Waals surface area (Å²) in [4.78, 5) is 39.9. The molecular weight excluding hydrogens is 401 g/mol. The lowest BCUT2D eigenvalue weighted by Gasteiger charge is -2.35. The topological polar surface area (TPSA) is 79.0 Å². The van der Waals surface area contributed by atoms with Gasteiger partial charge in [-0.05, 0) is 75.6 Å². The Hall–Kier alpha value is -2.64. The van der Waals surface area contributed by atoms with Gasteiger partial charge in [-0.15, -0.1) is 0 Å². The number of anilines is 1. The van der Waals surface area contributed by atoms with Gasteiger partial charge in [0.2, 0.25) is 11.8 Å². The van der Waals surface area contributed by atoms with Gasteiger partial charge < -0.3 is 14.5 Å². The van der Waals surface area contributed by atoms with Crippen molar-refractivity contribution >= 4 is 23.6 Å². The SMILES string of the molecule is CC(C)(C)OC(=O)N1CCC(c2c(F)ccc3c2CCN3C2CCC(=O)NC2=O)CC1. The van der Waals surface area contributed by atoms with Crippen LogP contribution >= 0.6 is 0 Å². The van der Waals surface area contributed by atoms with Crippen LogP contribution in [0.4, 0.5) is 14.9 Å². The van der Waals surface area contributed by atoms with Gasteiger partial charge in [-0.1, -0.05) is 0 Å². The van der Waals surface area contributed by atoms with Crippen molar-refractivity contribution in [1.29, 1.82) is 0 Å². The van der Waals surface area contributed by atoms with E-state index in [9.17, 15) is 18.8 Å². The molecule has 3 aliphatic heterocycles. The molecule has 0 saturated carbocycles. The molecule has 1 N–H and O–H groups in total. The first-order chi connectivity index (χ1) is 14.6. The molecule has 1 aromatic carbocycles. The van der Waals surface area contributed by atoms with Crippen LogP contribution in [-0.2, 0) is 20.7 Å². The van der Waals surface area contributed by atoms with Gasteiger partial charge in [0.15, 0.2) is 0 Å². The number of nitrogens with one attached hydrogen (secondary N) is 1. The fraction of sp³-hybridized carbons (Fsp3) is 0.609. The van der Waals surface area contributed by atoms with Gasteiger partial charge in [0, 0.05) is 31.7 Å². The molecule has 0 spiro atoms. The summed E-state index contributed by atoms with van der Waals surface area (Å²) in [6, 6.07) is 2.84. The minimum Gasteiger partial charge on any atom is -0.444 e. The molecular formula is C23H30FN3O4. The van der Waals surface area contributed by atoms with Gasteiger partial charge in [-0.25, -0.2) is 9.18 Å². The summed E-state index contributed by atoms with van der Waals surface area (Å²) in [5, 5.41) is 2.41. The Bertz CT molecular complexity index is 903. The van der Waals surface area contributed by atoms with Crippen LogP contribution in [0.15, 0.2) is 12.1 Å². The van der Waals surface area contributed by atoms with E-state index in [1.165, 1.54) is 6.07 Å². The zero-order valence-corrected chi connectivity index (χ0v) is 18.4. The lowest BCUT2D eigenvalue weighted by molar-refractivity contribution is -0.134. The fourth-order valence-electron chi connectivity index (χ4n) is 4.93. The zero-order valence-electron chi connectivity index (χ0n) is 18.4. The Labute approximate surface area is 181 Å². The normalized spacial score (nSPS) is 22.4. The third kappa shape index (κ3) is 4.38. The van der Waals surface area contributed by atoms with Crippen LogP contribution in [0.2, 0.25) is 0 Å². The van der Waals surface area contributed by atoms with Gasteiger partial charge >= 0.3 is 6.09 Å². The van der Waals surface area contributed by atoms with Crippen molar-refractivity contribution in [3.63, 3.8) is 0 Å². The third-order valence-corrected chi connectivity index (χ3v) is 6.33. The molecule has 168 valence electrons. The molecule has 0 bridgehead atoms. The van der Waals surface area contributed by atoms with Gasteiger partial charge in [0.1, 0.15) is 17.5 Å². The molecule has 0 aromatic heterocycles. The number of fused-ring (bicyclic) bond motifs is 1. The summed E-state index contributed by atoms with van der Waals surface area (Å²) in [6.07, 6.45) is 2.49. The van der Waals surface area contributed by atoms with Crippen LogP contribution in [0.3, 0.4) is 0 Å². The summed E-state index contributed by atoms with van der Waals surface area (Å²) < 4.78 is 20.4. The number of carbonyl (C=O) groups excluding carboxylic acids is 3. The first kappa shape index (κ1) is 21.6. The summed E-state index contributed by atoms with van der Waals surface area (Å²) in [6.45, 7) is 7.21. The molecule has 0 radical (unpaired) electrons. The predicted molar refractivity (Wildman–Crippen MR) is 113 cm³/mol. The molecule has 0 aliphatic carbocycles. The molecule has 1 aromatic rings. The Morgan fingerprint density at radius 3 is 2.45 bits per heavy atom. The molecule has 4 rings (SSSR count). The summed E-state index contributed by atoms with van der Waals surface area (Å²) in [7, 11) is 0. The fourth-order valence-corrected chi connectivity index (χ4v) is 4.93. The van der Waals surface area contributed by atoms with Gasteiger partial charge in [0.25, 0.3) is 0 Å². The maximum absolute atomic E-state index is 15.0. The third-order valence-electron chi connectivity index (χ3n) is 6.33. The molecule has 2 saturated heterocycles. The van der Waals surface area contributed by atoms with Crippen LogP contribution in [0, 0.1) is 5.82 Å². The van der Waals surface area contributed by atoms with E-state index in [-0.39, 0.29) is 29.6 Å². The van der Waals surface area contributed by atoms with E-state index in [0.29, 0.717) is 51.7 Å². The average Bonchev–Trinajstić information content (AvgIpc) is 3.10. The van der Waals surface area contributed by atoms with Crippen molar-refractivity contribution in [1.82, 2.24) is 10.2 Å². The van der Waals surface area contributed by atoms with Gasteiger partial charge in [-0.2, -0.15) is 0 Å². The largest absolute Gasteiger partial charge is 0.444 e. The van der Waals surface area contributed by atoms with E-state index < -0.39 is 11.6 Å². The summed E-state index contributed by atoms with van der Waals surface area (Å²) in [5.41, 5.74) is 2.02. The number of hydrogen-bond acceptors (Lipinski definition) is 5. The molecule has 31 heavy (non-hydrogen) atoms. The first-order valence-electron chi connectivity index (χ1n) is 11.0. The molecule has 2 fully saturated rings. The highest BCUT2D eigenvalue weighted by Crippen LogP contribution is 2.41. The van der Waals surface area contributed by atoms with Crippen molar-refractivity contribution in [2.75, 3.05) is 24.5 Å². The van der Waals surface area contributed by atoms with Crippen LogP contribution < -0.4 is 10.2 Å². The van der Waals surface area contributed by atoms with E-state index in [1.54, 1.807) is 11.0 Å². The van der Waals surface area contributed by atoms with Crippen LogP contribution in [0.5, 0.6) is 0 Å². The number of halogens is 1. The van der Waals surface area contributed by atoms with E-state index in [1.807, 2.05) is 25.7 Å². The van der Waals surface area contributed by atoms with E-state index in [4.69, 9.17) is 4.74 Å². The molecule has 8 heteroatoms. The average molecular weight is 432 g/mol. The van der Waals surface area contributed by atoms with E-state index in [2.05, 4.69) is 5.32 Å². The number of rotatable bonds is 2. The summed E-state index contributed by atoms with van der Waals surface area (Å²) in [5.74, 6) is -0.715. The number of hydrogen-bond donors (Lipinski definition) is 1. The van der Waals surface area contributed by atoms with Gasteiger partial charge in [0.05, 0.1) is 0 Å². The number of likely N-dealkylation sites (tertiary alicyclic amines) is 1. The van der Waals surface area contributed by atoms with Gasteiger partial charge in [-0.3, -0.25) is 14.9 Å². The maximum Gasteiger partial charge on any atom is 0.410 e. The lowest BCUT2D eigenvalue weighted by atomic mass is 9.85. The van der Waals surface area contributed by atoms with Crippen LogP contribution in [0.25, 0.3) is 0 Å². The summed E-state index contributed by atoms with van der Waals surface area (Å²) >= 11 is 0. The van der Waals surface area contributed by atoms with Crippen LogP contribution in [0.1, 0.15) is 63.5 Å². The van der Waals surface area contributed by atoms with Crippen molar-refractivity contribution in [2.24, 2.45) is 0 Å². The Balaban J connectivity index is 1.50. The number of piperidine rings is 2. The highest BCUT2D eigenvalue weighted by molar-refractivity contribution is 6.02. The molecule has 3 aliphatic rings. The van der Waals surface area contributed by atoms with Crippen molar-refractivity contribution in [2.45, 2.75) is 70.4 Å². The number of benzene rings is 1. The molecule has 7 nitrogen and oxygen atoms in total. The lowest BCUT2D eigenvalue weighted by Crippen LogP contribution is -2.52. The number of ether oxygens (including phenoxy) is 1. The number of carbonyl (C=O) groups is 3. The highest BCUT2D eigenvalue weighted by atomic mass is 19.1. The zero-order chi connectivity index (χ0) is 22.3. The van der Waals surface area contributed by atoms with Crippen molar-refractivity contribution < 1.29 is 23.5 Å². The highest BCUT2D eigenvalue weighted by Gasteiger charge is 2.38. The quantitative estimate of drug-likeness (QED) is 0.728. The molecule has 1 unspecified atom stereocenters. The van der Waals surface area contributed by atoms with Crippen molar-refractivity contribution in [3.8, 4) is 0 Å². The Morgan fingerprint density at radius 1 is 1.10 bits per heavy atom. The minimum absolute atomic E-state index is 0.0235. The first-order valence-corrected chi connectivity index (χ1v) is 11.0. The predicted octanol–water partition coefficient (Wildman–Crippen LogP) is 3.11. The Kier molecular flexibility index (Phi) is 5.66. The van der Waals surface area contributed by atoms with E-state index in [0.717, 1.165) is 16.8 Å². The molecule has 3 heterocycles. The molecule has 3 amide bonds. The van der Waals surface area contributed by atoms with Crippen molar-refractivity contribution in [3.05, 3.63) is 29.1 Å². The smallest absolute Gasteiger partial charge is 0.410 e. The minimum atomic E-state index is -0.542. The number of nitrogens with zero attached hydrogens (tertiary/aromatic N) is 2. The van der Waals surface area contributed by atoms with Crippen LogP contribution in [-0.4, -0.2) is 54.1 Å². The number of amides is 3.